The van der Waals surface area contributed by atoms with Crippen LogP contribution in [-0.4, -0.2) is 11.7 Å². The van der Waals surface area contributed by atoms with Crippen molar-refractivity contribution < 1.29 is 9.84 Å². The van der Waals surface area contributed by atoms with Gasteiger partial charge < -0.3 is 9.84 Å². The molecule has 1 aromatic rings. The van der Waals surface area contributed by atoms with Crippen molar-refractivity contribution in [1.82, 2.24) is 0 Å². The summed E-state index contributed by atoms with van der Waals surface area (Å²) >= 11 is 0. The Balaban J connectivity index is 2.47. The van der Waals surface area contributed by atoms with Gasteiger partial charge in [0.15, 0.2) is 0 Å². The summed E-state index contributed by atoms with van der Waals surface area (Å²) in [6.07, 6.45) is 1.74. The average molecular weight is 162 g/mol. The summed E-state index contributed by atoms with van der Waals surface area (Å²) in [4.78, 5) is 0. The van der Waals surface area contributed by atoms with E-state index in [1.165, 1.54) is 0 Å². The summed E-state index contributed by atoms with van der Waals surface area (Å²) in [5, 5.41) is 9.65. The Morgan fingerprint density at radius 2 is 2.33 bits per heavy atom. The Labute approximate surface area is 71.1 Å². The molecule has 0 amide bonds. The van der Waals surface area contributed by atoms with Gasteiger partial charge in [0.25, 0.3) is 0 Å². The summed E-state index contributed by atoms with van der Waals surface area (Å²) in [6, 6.07) is 5.60. The van der Waals surface area contributed by atoms with Gasteiger partial charge in [-0.3, -0.25) is 0 Å². The number of epoxide rings is 1. The molecule has 1 N–H and O–H groups in total. The van der Waals surface area contributed by atoms with Crippen molar-refractivity contribution >= 4 is 6.08 Å². The molecule has 12 heavy (non-hydrogen) atoms. The molecule has 2 nitrogen and oxygen atoms in total. The molecular weight excluding hydrogens is 152 g/mol. The van der Waals surface area contributed by atoms with Gasteiger partial charge in [0.05, 0.1) is 6.61 Å². The van der Waals surface area contributed by atoms with Gasteiger partial charge in [0, 0.05) is 11.1 Å². The zero-order valence-electron chi connectivity index (χ0n) is 6.66. The SMILES string of the molecule is C=Cc1cccc(C2CO2)c1O. The molecule has 0 saturated carbocycles. The van der Waals surface area contributed by atoms with E-state index in [1.54, 1.807) is 6.08 Å². The van der Waals surface area contributed by atoms with E-state index in [0.29, 0.717) is 12.4 Å². The van der Waals surface area contributed by atoms with Crippen molar-refractivity contribution in [2.24, 2.45) is 0 Å². The van der Waals surface area contributed by atoms with E-state index >= 15 is 0 Å². The highest BCUT2D eigenvalue weighted by Crippen LogP contribution is 2.37. The second-order valence-corrected chi connectivity index (χ2v) is 2.81. The van der Waals surface area contributed by atoms with Crippen molar-refractivity contribution in [1.29, 1.82) is 0 Å². The summed E-state index contributed by atoms with van der Waals surface area (Å²) < 4.78 is 5.08. The molecule has 1 fully saturated rings. The number of phenols is 1. The van der Waals surface area contributed by atoms with Gasteiger partial charge in [0.2, 0.25) is 0 Å². The van der Waals surface area contributed by atoms with E-state index < -0.39 is 0 Å². The van der Waals surface area contributed by atoms with Crippen LogP contribution in [0.1, 0.15) is 17.2 Å². The third kappa shape index (κ3) is 1.10. The van der Waals surface area contributed by atoms with Crippen LogP contribution in [0.2, 0.25) is 0 Å². The second-order valence-electron chi connectivity index (χ2n) is 2.81. The lowest BCUT2D eigenvalue weighted by molar-refractivity contribution is 0.400. The summed E-state index contributed by atoms with van der Waals surface area (Å²) in [5.41, 5.74) is 1.63. The van der Waals surface area contributed by atoms with Gasteiger partial charge in [-0.2, -0.15) is 0 Å². The van der Waals surface area contributed by atoms with Crippen LogP contribution in [0, 0.1) is 0 Å². The van der Waals surface area contributed by atoms with E-state index in [4.69, 9.17) is 4.74 Å². The maximum Gasteiger partial charge on any atom is 0.128 e. The number of benzene rings is 1. The summed E-state index contributed by atoms with van der Waals surface area (Å²) in [6.45, 7) is 4.33. The molecule has 1 atom stereocenters. The minimum absolute atomic E-state index is 0.102. The first-order chi connectivity index (χ1) is 5.83. The normalized spacial score (nSPS) is 20.5. The maximum atomic E-state index is 9.65. The van der Waals surface area contributed by atoms with Crippen LogP contribution in [0.4, 0.5) is 0 Å². The minimum atomic E-state index is 0.102. The van der Waals surface area contributed by atoms with Crippen LogP contribution in [0.5, 0.6) is 5.75 Å². The van der Waals surface area contributed by atoms with Gasteiger partial charge in [-0.1, -0.05) is 30.9 Å². The van der Waals surface area contributed by atoms with Gasteiger partial charge in [-0.25, -0.2) is 0 Å². The number of rotatable bonds is 2. The number of para-hydroxylation sites is 1. The molecule has 1 aliphatic rings. The molecule has 1 aromatic carbocycles. The number of ether oxygens (including phenoxy) is 1. The lowest BCUT2D eigenvalue weighted by Crippen LogP contribution is -1.84. The molecule has 2 rings (SSSR count). The molecule has 0 aromatic heterocycles. The third-order valence-electron chi connectivity index (χ3n) is 2.00. The topological polar surface area (TPSA) is 32.8 Å². The van der Waals surface area contributed by atoms with Crippen LogP contribution in [0.15, 0.2) is 24.8 Å². The van der Waals surface area contributed by atoms with Crippen molar-refractivity contribution in [2.45, 2.75) is 6.10 Å². The molecule has 62 valence electrons. The lowest BCUT2D eigenvalue weighted by Gasteiger charge is -2.03. The quantitative estimate of drug-likeness (QED) is 0.675. The zero-order chi connectivity index (χ0) is 8.55. The minimum Gasteiger partial charge on any atom is -0.507 e. The van der Waals surface area contributed by atoms with Crippen LogP contribution in [-0.2, 0) is 4.74 Å². The predicted octanol–water partition coefficient (Wildman–Crippen LogP) is 2.11. The molecule has 1 saturated heterocycles. The molecule has 0 radical (unpaired) electrons. The predicted molar refractivity (Wildman–Crippen MR) is 46.9 cm³/mol. The first kappa shape index (κ1) is 7.37. The highest BCUT2D eigenvalue weighted by molar-refractivity contribution is 5.58. The number of aromatic hydroxyl groups is 1. The molecule has 2 heteroatoms. The van der Waals surface area contributed by atoms with Crippen LogP contribution < -0.4 is 0 Å². The van der Waals surface area contributed by atoms with Crippen molar-refractivity contribution in [3.8, 4) is 5.75 Å². The molecule has 0 spiro atoms. The molecule has 1 aliphatic heterocycles. The third-order valence-corrected chi connectivity index (χ3v) is 2.00. The van der Waals surface area contributed by atoms with Crippen LogP contribution in [0.25, 0.3) is 6.08 Å². The first-order valence-corrected chi connectivity index (χ1v) is 3.89. The Hall–Kier alpha value is -1.28. The first-order valence-electron chi connectivity index (χ1n) is 3.89. The highest BCUT2D eigenvalue weighted by atomic mass is 16.6. The fraction of sp³-hybridized carbons (Fsp3) is 0.200. The number of hydrogen-bond donors (Lipinski definition) is 1. The largest absolute Gasteiger partial charge is 0.507 e. The Morgan fingerprint density at radius 3 is 2.92 bits per heavy atom. The fourth-order valence-electron chi connectivity index (χ4n) is 1.23. The molecule has 0 bridgehead atoms. The van der Waals surface area contributed by atoms with Gasteiger partial charge in [0.1, 0.15) is 11.9 Å². The number of phenolic OH excluding ortho intramolecular Hbond substituents is 1. The van der Waals surface area contributed by atoms with Crippen molar-refractivity contribution in [3.63, 3.8) is 0 Å². The van der Waals surface area contributed by atoms with Crippen molar-refractivity contribution in [3.05, 3.63) is 35.9 Å². The molecule has 0 aliphatic carbocycles. The zero-order valence-corrected chi connectivity index (χ0v) is 6.66. The van der Waals surface area contributed by atoms with Gasteiger partial charge in [-0.15, -0.1) is 0 Å². The Kier molecular flexibility index (Phi) is 1.62. The van der Waals surface area contributed by atoms with E-state index in [9.17, 15) is 5.11 Å². The Morgan fingerprint density at radius 1 is 1.58 bits per heavy atom. The highest BCUT2D eigenvalue weighted by Gasteiger charge is 2.27. The van der Waals surface area contributed by atoms with Crippen molar-refractivity contribution in [2.75, 3.05) is 6.61 Å². The summed E-state index contributed by atoms with van der Waals surface area (Å²) in [5.74, 6) is 0.301. The maximum absolute atomic E-state index is 9.65. The van der Waals surface area contributed by atoms with Crippen LogP contribution in [0.3, 0.4) is 0 Å². The summed E-state index contributed by atoms with van der Waals surface area (Å²) in [7, 11) is 0. The smallest absolute Gasteiger partial charge is 0.128 e. The van der Waals surface area contributed by atoms with E-state index in [-0.39, 0.29) is 6.10 Å². The lowest BCUT2D eigenvalue weighted by atomic mass is 10.1. The monoisotopic (exact) mass is 162 g/mol. The average Bonchev–Trinajstić information content (AvgIpc) is 2.88. The Bertz CT molecular complexity index is 314. The van der Waals surface area contributed by atoms with E-state index in [0.717, 1.165) is 11.1 Å². The molecule has 1 unspecified atom stereocenters. The van der Waals surface area contributed by atoms with E-state index in [2.05, 4.69) is 6.58 Å². The number of hydrogen-bond acceptors (Lipinski definition) is 2. The van der Waals surface area contributed by atoms with Gasteiger partial charge >= 0.3 is 0 Å². The fourth-order valence-corrected chi connectivity index (χ4v) is 1.23. The molecule has 1 heterocycles. The standard InChI is InChI=1S/C10H10O2/c1-2-7-4-3-5-8(10(7)11)9-6-12-9/h2-5,9,11H,1,6H2. The van der Waals surface area contributed by atoms with Crippen LogP contribution >= 0.6 is 0 Å². The molecular formula is C10H10O2. The van der Waals surface area contributed by atoms with E-state index in [1.807, 2.05) is 18.2 Å². The van der Waals surface area contributed by atoms with Gasteiger partial charge in [-0.05, 0) is 0 Å². The second kappa shape index (κ2) is 2.64.